The molecule has 58 valence electrons. The lowest BCUT2D eigenvalue weighted by molar-refractivity contribution is 0.248. The average Bonchev–Trinajstić information content (AvgIpc) is 2.72. The highest BCUT2D eigenvalue weighted by Crippen LogP contribution is 2.51. The monoisotopic (exact) mass is 148 g/mol. The van der Waals surface area contributed by atoms with Crippen molar-refractivity contribution in [3.63, 3.8) is 0 Å². The van der Waals surface area contributed by atoms with E-state index in [9.17, 15) is 0 Å². The van der Waals surface area contributed by atoms with Crippen LogP contribution in [0.2, 0.25) is 0 Å². The highest BCUT2D eigenvalue weighted by molar-refractivity contribution is 5.35. The fraction of sp³-hybridized carbons (Fsp3) is 0.600. The second kappa shape index (κ2) is 1.78. The van der Waals surface area contributed by atoms with Crippen LogP contribution < -0.4 is 0 Å². The van der Waals surface area contributed by atoms with Crippen LogP contribution in [0.1, 0.15) is 19.3 Å². The summed E-state index contributed by atoms with van der Waals surface area (Å²) in [5.41, 5.74) is 1.83. The van der Waals surface area contributed by atoms with Crippen molar-refractivity contribution in [2.75, 3.05) is 6.61 Å². The van der Waals surface area contributed by atoms with Crippen LogP contribution in [0.3, 0.4) is 0 Å². The Morgan fingerprint density at radius 3 is 3.27 bits per heavy atom. The summed E-state index contributed by atoms with van der Waals surface area (Å²) >= 11 is 0. The number of epoxide rings is 1. The third-order valence-corrected chi connectivity index (χ3v) is 3.17. The summed E-state index contributed by atoms with van der Waals surface area (Å²) in [5, 5.41) is 0. The molecule has 0 bridgehead atoms. The molecule has 1 heteroatoms. The maximum atomic E-state index is 5.54. The topological polar surface area (TPSA) is 12.5 Å². The number of hydrogen-bond donors (Lipinski definition) is 0. The van der Waals surface area contributed by atoms with Gasteiger partial charge in [-0.2, -0.15) is 0 Å². The van der Waals surface area contributed by atoms with E-state index in [0.717, 1.165) is 18.9 Å². The van der Waals surface area contributed by atoms with Gasteiger partial charge in [0.25, 0.3) is 0 Å². The first-order valence-corrected chi connectivity index (χ1v) is 4.41. The molecule has 1 aliphatic heterocycles. The molecule has 2 aliphatic carbocycles. The van der Waals surface area contributed by atoms with Crippen LogP contribution in [0, 0.1) is 5.92 Å². The third kappa shape index (κ3) is 0.694. The second-order valence-electron chi connectivity index (χ2n) is 3.79. The lowest BCUT2D eigenvalue weighted by atomic mass is 9.84. The summed E-state index contributed by atoms with van der Waals surface area (Å²) < 4.78 is 5.54. The van der Waals surface area contributed by atoms with Crippen LogP contribution in [-0.2, 0) is 4.74 Å². The van der Waals surface area contributed by atoms with Gasteiger partial charge in [-0.25, -0.2) is 0 Å². The fourth-order valence-electron chi connectivity index (χ4n) is 2.39. The van der Waals surface area contributed by atoms with Crippen LogP contribution in [-0.4, -0.2) is 12.2 Å². The normalized spacial score (nSPS) is 45.8. The fourth-order valence-corrected chi connectivity index (χ4v) is 2.39. The van der Waals surface area contributed by atoms with Crippen LogP contribution in [0.5, 0.6) is 0 Å². The smallest absolute Gasteiger partial charge is 0.102 e. The van der Waals surface area contributed by atoms with Gasteiger partial charge in [0.1, 0.15) is 5.60 Å². The zero-order valence-electron chi connectivity index (χ0n) is 6.55. The molecule has 2 atom stereocenters. The molecule has 1 saturated heterocycles. The summed E-state index contributed by atoms with van der Waals surface area (Å²) in [6, 6.07) is 0. The van der Waals surface area contributed by atoms with E-state index >= 15 is 0 Å². The predicted octanol–water partition coefficient (Wildman–Crippen LogP) is 2.05. The van der Waals surface area contributed by atoms with Crippen LogP contribution in [0.25, 0.3) is 0 Å². The maximum absolute atomic E-state index is 5.54. The lowest BCUT2D eigenvalue weighted by Gasteiger charge is -2.20. The van der Waals surface area contributed by atoms with Crippen molar-refractivity contribution in [2.45, 2.75) is 24.9 Å². The minimum atomic E-state index is 0.292. The Labute approximate surface area is 66.7 Å². The number of ether oxygens (including phenoxy) is 1. The molecule has 0 aromatic heterocycles. The quantitative estimate of drug-likeness (QED) is 0.479. The Morgan fingerprint density at radius 2 is 2.45 bits per heavy atom. The molecule has 0 radical (unpaired) electrons. The summed E-state index contributed by atoms with van der Waals surface area (Å²) in [7, 11) is 0. The van der Waals surface area contributed by atoms with E-state index in [1.54, 1.807) is 0 Å². The van der Waals surface area contributed by atoms with Gasteiger partial charge in [0.2, 0.25) is 0 Å². The van der Waals surface area contributed by atoms with Crippen molar-refractivity contribution in [3.05, 3.63) is 23.8 Å². The van der Waals surface area contributed by atoms with E-state index in [-0.39, 0.29) is 0 Å². The number of fused-ring (bicyclic) bond motifs is 2. The summed E-state index contributed by atoms with van der Waals surface area (Å²) in [6.45, 7) is 1.01. The largest absolute Gasteiger partial charge is 0.369 e. The van der Waals surface area contributed by atoms with E-state index in [1.807, 2.05) is 0 Å². The van der Waals surface area contributed by atoms with Crippen LogP contribution in [0.15, 0.2) is 23.8 Å². The Morgan fingerprint density at radius 1 is 1.55 bits per heavy atom. The van der Waals surface area contributed by atoms with Gasteiger partial charge in [-0.05, 0) is 24.8 Å². The number of hydrogen-bond acceptors (Lipinski definition) is 1. The summed E-state index contributed by atoms with van der Waals surface area (Å²) in [6.07, 6.45) is 10.6. The Kier molecular flexibility index (Phi) is 0.972. The Bertz CT molecular complexity index is 246. The van der Waals surface area contributed by atoms with Crippen molar-refractivity contribution in [3.8, 4) is 0 Å². The molecule has 0 saturated carbocycles. The number of rotatable bonds is 0. The van der Waals surface area contributed by atoms with Crippen LogP contribution >= 0.6 is 0 Å². The number of allylic oxidation sites excluding steroid dienone is 2. The molecular weight excluding hydrogens is 136 g/mol. The minimum absolute atomic E-state index is 0.292. The molecule has 3 rings (SSSR count). The molecule has 3 aliphatic rings. The summed E-state index contributed by atoms with van der Waals surface area (Å²) in [5.74, 6) is 0.743. The van der Waals surface area contributed by atoms with Gasteiger partial charge in [-0.1, -0.05) is 18.2 Å². The van der Waals surface area contributed by atoms with Gasteiger partial charge >= 0.3 is 0 Å². The highest BCUT2D eigenvalue weighted by atomic mass is 16.6. The Hall–Kier alpha value is -0.560. The van der Waals surface area contributed by atoms with Gasteiger partial charge in [0.15, 0.2) is 0 Å². The maximum Gasteiger partial charge on any atom is 0.102 e. The molecule has 0 N–H and O–H groups in total. The first-order chi connectivity index (χ1) is 5.41. The standard InChI is InChI=1S/C10H12O/c1-2-4-9-8(3-1)5-6-10(9)7-11-10/h1,3,5,9H,2,4,6-7H2/t9?,10-/m0/s1. The zero-order valence-corrected chi connectivity index (χ0v) is 6.55. The van der Waals surface area contributed by atoms with E-state index in [2.05, 4.69) is 18.2 Å². The average molecular weight is 148 g/mol. The van der Waals surface area contributed by atoms with Crippen molar-refractivity contribution in [1.29, 1.82) is 0 Å². The molecule has 1 fully saturated rings. The van der Waals surface area contributed by atoms with Crippen molar-refractivity contribution in [2.24, 2.45) is 5.92 Å². The predicted molar refractivity (Wildman–Crippen MR) is 43.2 cm³/mol. The van der Waals surface area contributed by atoms with Gasteiger partial charge in [0, 0.05) is 5.92 Å². The van der Waals surface area contributed by atoms with Crippen molar-refractivity contribution < 1.29 is 4.74 Å². The van der Waals surface area contributed by atoms with E-state index in [0.29, 0.717) is 5.60 Å². The second-order valence-corrected chi connectivity index (χ2v) is 3.79. The van der Waals surface area contributed by atoms with Crippen LogP contribution in [0.4, 0.5) is 0 Å². The summed E-state index contributed by atoms with van der Waals surface area (Å²) in [4.78, 5) is 0. The molecule has 0 aromatic carbocycles. The molecule has 0 amide bonds. The molecule has 0 aromatic rings. The Balaban J connectivity index is 1.98. The van der Waals surface area contributed by atoms with E-state index in [1.165, 1.54) is 18.4 Å². The minimum Gasteiger partial charge on any atom is -0.369 e. The molecule has 1 spiro atoms. The SMILES string of the molecule is C1=CC2=CC[C@]3(CO3)C2CC1. The molecular formula is C10H12O. The van der Waals surface area contributed by atoms with Crippen molar-refractivity contribution in [1.82, 2.24) is 0 Å². The van der Waals surface area contributed by atoms with Crippen molar-refractivity contribution >= 4 is 0 Å². The lowest BCUT2D eigenvalue weighted by Crippen LogP contribution is -2.21. The third-order valence-electron chi connectivity index (χ3n) is 3.17. The molecule has 1 heterocycles. The van der Waals surface area contributed by atoms with Gasteiger partial charge in [-0.15, -0.1) is 0 Å². The first kappa shape index (κ1) is 6.01. The van der Waals surface area contributed by atoms with Gasteiger partial charge < -0.3 is 4.74 Å². The molecule has 1 unspecified atom stereocenters. The van der Waals surface area contributed by atoms with Gasteiger partial charge in [-0.3, -0.25) is 0 Å². The molecule has 1 nitrogen and oxygen atoms in total. The molecule has 11 heavy (non-hydrogen) atoms. The van der Waals surface area contributed by atoms with Gasteiger partial charge in [0.05, 0.1) is 6.61 Å². The van der Waals surface area contributed by atoms with E-state index < -0.39 is 0 Å². The highest BCUT2D eigenvalue weighted by Gasteiger charge is 2.54. The zero-order chi connectivity index (χ0) is 7.31. The first-order valence-electron chi connectivity index (χ1n) is 4.41. The van der Waals surface area contributed by atoms with E-state index in [4.69, 9.17) is 4.74 Å².